The van der Waals surface area contributed by atoms with Crippen LogP contribution in [0.25, 0.3) is 11.1 Å². The van der Waals surface area contributed by atoms with Crippen LogP contribution in [0.15, 0.2) is 54.6 Å². The van der Waals surface area contributed by atoms with Gasteiger partial charge in [0, 0.05) is 0 Å². The van der Waals surface area contributed by atoms with Gasteiger partial charge in [0.2, 0.25) is 0 Å². The largest absolute Gasteiger partial charge is 0.543 e. The standard InChI is InChI=1S/C23H28O6/c1-2-3-4-5-6-7-11-18-26-23(25)28-29-27-22(24)21-16-14-20(15-17-21)19-12-9-8-10-13-19/h8-10,12-17H,2-7,11,18H2,1H3. The molecule has 0 aliphatic carbocycles. The van der Waals surface area contributed by atoms with Crippen molar-refractivity contribution in [1.82, 2.24) is 0 Å². The van der Waals surface area contributed by atoms with Gasteiger partial charge in [-0.1, -0.05) is 87.9 Å². The van der Waals surface area contributed by atoms with Gasteiger partial charge in [-0.05, 0) is 29.7 Å². The summed E-state index contributed by atoms with van der Waals surface area (Å²) in [5.41, 5.74) is 2.27. The van der Waals surface area contributed by atoms with Gasteiger partial charge in [-0.15, -0.1) is 0 Å². The molecule has 0 radical (unpaired) electrons. The Labute approximate surface area is 171 Å². The van der Waals surface area contributed by atoms with E-state index < -0.39 is 12.1 Å². The Bertz CT molecular complexity index is 727. The summed E-state index contributed by atoms with van der Waals surface area (Å²) < 4.78 is 4.84. The summed E-state index contributed by atoms with van der Waals surface area (Å²) in [4.78, 5) is 32.0. The first kappa shape index (κ1) is 22.4. The van der Waals surface area contributed by atoms with Crippen LogP contribution in [-0.2, 0) is 19.6 Å². The summed E-state index contributed by atoms with van der Waals surface area (Å²) in [5, 5.41) is 4.22. The number of hydrogen-bond acceptors (Lipinski definition) is 6. The lowest BCUT2D eigenvalue weighted by molar-refractivity contribution is -0.452. The number of ether oxygens (including phenoxy) is 1. The molecule has 0 unspecified atom stereocenters. The highest BCUT2D eigenvalue weighted by Gasteiger charge is 2.12. The SMILES string of the molecule is CCCCCCCCCOC(=O)OOOC(=O)c1ccc(-c2ccccc2)cc1. The topological polar surface area (TPSA) is 71.1 Å². The third-order valence-corrected chi connectivity index (χ3v) is 4.41. The lowest BCUT2D eigenvalue weighted by atomic mass is 10.0. The van der Waals surface area contributed by atoms with Crippen molar-refractivity contribution in [2.75, 3.05) is 6.61 Å². The van der Waals surface area contributed by atoms with Crippen LogP contribution in [0.2, 0.25) is 0 Å². The number of unbranched alkanes of at least 4 members (excludes halogenated alkanes) is 6. The van der Waals surface area contributed by atoms with Crippen LogP contribution in [0.4, 0.5) is 4.79 Å². The van der Waals surface area contributed by atoms with Crippen molar-refractivity contribution in [1.29, 1.82) is 0 Å². The Morgan fingerprint density at radius 2 is 1.34 bits per heavy atom. The molecule has 2 aromatic rings. The fraction of sp³-hybridized carbons (Fsp3) is 0.391. The summed E-state index contributed by atoms with van der Waals surface area (Å²) in [6, 6.07) is 16.6. The van der Waals surface area contributed by atoms with Gasteiger partial charge in [0.1, 0.15) is 0 Å². The normalized spacial score (nSPS) is 10.4. The van der Waals surface area contributed by atoms with Gasteiger partial charge < -0.3 is 4.74 Å². The number of hydrogen-bond donors (Lipinski definition) is 0. The molecule has 0 saturated heterocycles. The first-order valence-electron chi connectivity index (χ1n) is 10.1. The van der Waals surface area contributed by atoms with E-state index in [4.69, 9.17) is 4.74 Å². The van der Waals surface area contributed by atoms with E-state index in [9.17, 15) is 9.59 Å². The van der Waals surface area contributed by atoms with Crippen LogP contribution in [0.1, 0.15) is 62.2 Å². The molecule has 156 valence electrons. The average Bonchev–Trinajstić information content (AvgIpc) is 2.76. The number of carbonyl (C=O) groups excluding carboxylic acids is 2. The Morgan fingerprint density at radius 3 is 2.03 bits per heavy atom. The molecule has 0 aliphatic heterocycles. The van der Waals surface area contributed by atoms with Gasteiger partial charge in [0.15, 0.2) is 0 Å². The lowest BCUT2D eigenvalue weighted by Gasteiger charge is -2.05. The first-order chi connectivity index (χ1) is 14.2. The zero-order valence-electron chi connectivity index (χ0n) is 16.8. The summed E-state index contributed by atoms with van der Waals surface area (Å²) in [6.45, 7) is 2.42. The number of benzene rings is 2. The van der Waals surface area contributed by atoms with Crippen molar-refractivity contribution in [2.24, 2.45) is 0 Å². The van der Waals surface area contributed by atoms with Crippen molar-refractivity contribution in [3.8, 4) is 11.1 Å². The molecule has 0 aromatic heterocycles. The molecule has 0 fully saturated rings. The zero-order valence-corrected chi connectivity index (χ0v) is 16.8. The van der Waals surface area contributed by atoms with Crippen molar-refractivity contribution in [3.05, 3.63) is 60.2 Å². The minimum Gasteiger partial charge on any atom is -0.432 e. The average molecular weight is 400 g/mol. The molecule has 0 atom stereocenters. The second kappa shape index (κ2) is 13.3. The summed E-state index contributed by atoms with van der Waals surface area (Å²) in [6.07, 6.45) is 6.75. The van der Waals surface area contributed by atoms with E-state index in [2.05, 4.69) is 21.7 Å². The second-order valence-corrected chi connectivity index (χ2v) is 6.69. The van der Waals surface area contributed by atoms with Crippen molar-refractivity contribution in [2.45, 2.75) is 51.9 Å². The Kier molecular flexibility index (Phi) is 10.3. The fourth-order valence-corrected chi connectivity index (χ4v) is 2.79. The van der Waals surface area contributed by atoms with E-state index in [1.807, 2.05) is 30.3 Å². The minimum absolute atomic E-state index is 0.241. The molecule has 29 heavy (non-hydrogen) atoms. The molecular formula is C23H28O6. The molecule has 2 rings (SSSR count). The minimum atomic E-state index is -1.04. The monoisotopic (exact) mass is 400 g/mol. The molecule has 6 nitrogen and oxygen atoms in total. The van der Waals surface area contributed by atoms with Crippen LogP contribution in [0.3, 0.4) is 0 Å². The highest BCUT2D eigenvalue weighted by Crippen LogP contribution is 2.19. The van der Waals surface area contributed by atoms with Crippen molar-refractivity contribution < 1.29 is 29.1 Å². The van der Waals surface area contributed by atoms with Crippen LogP contribution < -0.4 is 0 Å². The van der Waals surface area contributed by atoms with Gasteiger partial charge in [-0.2, -0.15) is 0 Å². The van der Waals surface area contributed by atoms with Crippen molar-refractivity contribution in [3.63, 3.8) is 0 Å². The predicted molar refractivity (Wildman–Crippen MR) is 109 cm³/mol. The molecule has 6 heteroatoms. The molecule has 0 saturated carbocycles. The molecule has 0 amide bonds. The molecule has 0 spiro atoms. The lowest BCUT2D eigenvalue weighted by Crippen LogP contribution is -2.12. The Balaban J connectivity index is 1.58. The third-order valence-electron chi connectivity index (χ3n) is 4.41. The fourth-order valence-electron chi connectivity index (χ4n) is 2.79. The Hall–Kier alpha value is -2.86. The maximum Gasteiger partial charge on any atom is 0.543 e. The predicted octanol–water partition coefficient (Wildman–Crippen LogP) is 6.26. The summed E-state index contributed by atoms with van der Waals surface area (Å²) in [7, 11) is 0. The molecule has 0 N–H and O–H groups in total. The van der Waals surface area contributed by atoms with E-state index in [1.54, 1.807) is 24.3 Å². The van der Waals surface area contributed by atoms with Gasteiger partial charge in [-0.3, -0.25) is 4.89 Å². The van der Waals surface area contributed by atoms with E-state index in [0.29, 0.717) is 0 Å². The quantitative estimate of drug-likeness (QED) is 0.181. The van der Waals surface area contributed by atoms with E-state index in [1.165, 1.54) is 25.7 Å². The van der Waals surface area contributed by atoms with Crippen molar-refractivity contribution >= 4 is 12.1 Å². The second-order valence-electron chi connectivity index (χ2n) is 6.69. The molecule has 0 heterocycles. The molecular weight excluding hydrogens is 372 g/mol. The van der Waals surface area contributed by atoms with Crippen LogP contribution in [-0.4, -0.2) is 18.7 Å². The van der Waals surface area contributed by atoms with Gasteiger partial charge >= 0.3 is 12.1 Å². The maximum atomic E-state index is 11.9. The van der Waals surface area contributed by atoms with Gasteiger partial charge in [0.25, 0.3) is 0 Å². The highest BCUT2D eigenvalue weighted by atomic mass is 17.5. The highest BCUT2D eigenvalue weighted by molar-refractivity contribution is 5.89. The van der Waals surface area contributed by atoms with Gasteiger partial charge in [0.05, 0.1) is 17.2 Å². The number of rotatable bonds is 12. The first-order valence-corrected chi connectivity index (χ1v) is 10.1. The third kappa shape index (κ3) is 8.79. The zero-order chi connectivity index (χ0) is 20.7. The van der Waals surface area contributed by atoms with Crippen LogP contribution in [0, 0.1) is 0 Å². The number of carbonyl (C=O) groups is 2. The maximum absolute atomic E-state index is 11.9. The molecule has 0 aliphatic rings. The smallest absolute Gasteiger partial charge is 0.432 e. The molecule has 2 aromatic carbocycles. The van der Waals surface area contributed by atoms with Crippen LogP contribution >= 0.6 is 0 Å². The summed E-state index contributed by atoms with van der Waals surface area (Å²) >= 11 is 0. The van der Waals surface area contributed by atoms with E-state index in [-0.39, 0.29) is 12.2 Å². The molecule has 0 bridgehead atoms. The Morgan fingerprint density at radius 1 is 0.724 bits per heavy atom. The van der Waals surface area contributed by atoms with Crippen LogP contribution in [0.5, 0.6) is 0 Å². The van der Waals surface area contributed by atoms with Gasteiger partial charge in [-0.25, -0.2) is 14.5 Å². The van der Waals surface area contributed by atoms with E-state index in [0.717, 1.165) is 30.4 Å². The summed E-state index contributed by atoms with van der Waals surface area (Å²) in [5.74, 6) is -0.774. The van der Waals surface area contributed by atoms with E-state index >= 15 is 0 Å².